The van der Waals surface area contributed by atoms with Crippen molar-refractivity contribution in [2.75, 3.05) is 20.3 Å². The van der Waals surface area contributed by atoms with Gasteiger partial charge in [0.15, 0.2) is 18.1 Å². The largest absolute Gasteiger partial charge is 0.493 e. The monoisotopic (exact) mass is 386 g/mol. The van der Waals surface area contributed by atoms with E-state index in [4.69, 9.17) is 9.47 Å². The fraction of sp³-hybridized carbons (Fsp3) is 0.409. The molecule has 0 aliphatic heterocycles. The SMILES string of the molecule is COc1cc(CNCC(O)c2ccccc2)ccc1OCC(=O)NC(C)(C)C. The Hall–Kier alpha value is -2.57. The predicted molar refractivity (Wildman–Crippen MR) is 109 cm³/mol. The first-order chi connectivity index (χ1) is 13.3. The van der Waals surface area contributed by atoms with Crippen molar-refractivity contribution in [1.29, 1.82) is 0 Å². The zero-order valence-corrected chi connectivity index (χ0v) is 17.0. The van der Waals surface area contributed by atoms with Crippen LogP contribution in [0.5, 0.6) is 11.5 Å². The summed E-state index contributed by atoms with van der Waals surface area (Å²) in [4.78, 5) is 11.9. The lowest BCUT2D eigenvalue weighted by Gasteiger charge is -2.20. The number of benzene rings is 2. The lowest BCUT2D eigenvalue weighted by Crippen LogP contribution is -2.43. The van der Waals surface area contributed by atoms with Crippen LogP contribution in [-0.2, 0) is 11.3 Å². The van der Waals surface area contributed by atoms with Gasteiger partial charge in [-0.05, 0) is 44.0 Å². The minimum atomic E-state index is -0.563. The molecule has 3 N–H and O–H groups in total. The molecule has 0 bridgehead atoms. The van der Waals surface area contributed by atoms with E-state index in [0.29, 0.717) is 24.6 Å². The smallest absolute Gasteiger partial charge is 0.258 e. The van der Waals surface area contributed by atoms with Crippen LogP contribution in [0.25, 0.3) is 0 Å². The third-order valence-corrected chi connectivity index (χ3v) is 3.95. The number of hydrogen-bond donors (Lipinski definition) is 3. The second kappa shape index (κ2) is 10.1. The molecule has 0 aliphatic rings. The molecule has 1 amide bonds. The van der Waals surface area contributed by atoms with Crippen molar-refractivity contribution in [2.45, 2.75) is 39.0 Å². The van der Waals surface area contributed by atoms with Crippen LogP contribution >= 0.6 is 0 Å². The summed E-state index contributed by atoms with van der Waals surface area (Å²) in [6.07, 6.45) is -0.563. The summed E-state index contributed by atoms with van der Waals surface area (Å²) >= 11 is 0. The first-order valence-corrected chi connectivity index (χ1v) is 9.33. The van der Waals surface area contributed by atoms with Crippen molar-refractivity contribution in [1.82, 2.24) is 10.6 Å². The van der Waals surface area contributed by atoms with E-state index in [1.807, 2.05) is 63.2 Å². The quantitative estimate of drug-likeness (QED) is 0.618. The van der Waals surface area contributed by atoms with Crippen molar-refractivity contribution < 1.29 is 19.4 Å². The van der Waals surface area contributed by atoms with Crippen LogP contribution in [0.15, 0.2) is 48.5 Å². The van der Waals surface area contributed by atoms with Gasteiger partial charge in [0.2, 0.25) is 0 Å². The second-order valence-corrected chi connectivity index (χ2v) is 7.63. The van der Waals surface area contributed by atoms with E-state index in [2.05, 4.69) is 10.6 Å². The molecule has 0 saturated carbocycles. The molecule has 152 valence electrons. The molecule has 2 rings (SSSR count). The first-order valence-electron chi connectivity index (χ1n) is 9.33. The molecular formula is C22H30N2O4. The maximum atomic E-state index is 11.9. The summed E-state index contributed by atoms with van der Waals surface area (Å²) in [6.45, 7) is 6.70. The number of amides is 1. The van der Waals surface area contributed by atoms with E-state index in [9.17, 15) is 9.90 Å². The van der Waals surface area contributed by atoms with Gasteiger partial charge in [-0.3, -0.25) is 4.79 Å². The molecular weight excluding hydrogens is 356 g/mol. The average molecular weight is 386 g/mol. The first kappa shape index (κ1) is 21.7. The van der Waals surface area contributed by atoms with Gasteiger partial charge < -0.3 is 25.2 Å². The fourth-order valence-electron chi connectivity index (χ4n) is 2.69. The highest BCUT2D eigenvalue weighted by atomic mass is 16.5. The molecule has 0 spiro atoms. The van der Waals surface area contributed by atoms with Gasteiger partial charge in [-0.2, -0.15) is 0 Å². The van der Waals surface area contributed by atoms with Crippen LogP contribution in [0, 0.1) is 0 Å². The van der Waals surface area contributed by atoms with E-state index >= 15 is 0 Å². The number of ether oxygens (including phenoxy) is 2. The van der Waals surface area contributed by atoms with E-state index < -0.39 is 6.10 Å². The third kappa shape index (κ3) is 7.21. The minimum absolute atomic E-state index is 0.0749. The van der Waals surface area contributed by atoms with Gasteiger partial charge in [-0.1, -0.05) is 36.4 Å². The molecule has 0 fully saturated rings. The van der Waals surface area contributed by atoms with Gasteiger partial charge in [0.25, 0.3) is 5.91 Å². The maximum Gasteiger partial charge on any atom is 0.258 e. The molecule has 0 heterocycles. The molecule has 0 aromatic heterocycles. The van der Waals surface area contributed by atoms with Gasteiger partial charge in [-0.25, -0.2) is 0 Å². The number of carbonyl (C=O) groups is 1. The van der Waals surface area contributed by atoms with Crippen LogP contribution in [0.1, 0.15) is 38.0 Å². The van der Waals surface area contributed by atoms with Crippen LogP contribution in [0.4, 0.5) is 0 Å². The van der Waals surface area contributed by atoms with E-state index in [0.717, 1.165) is 11.1 Å². The maximum absolute atomic E-state index is 11.9. The molecule has 1 atom stereocenters. The Bertz CT molecular complexity index is 757. The van der Waals surface area contributed by atoms with Crippen LogP contribution < -0.4 is 20.1 Å². The van der Waals surface area contributed by atoms with Gasteiger partial charge in [0, 0.05) is 18.6 Å². The molecule has 2 aromatic rings. The summed E-state index contributed by atoms with van der Waals surface area (Å²) in [7, 11) is 1.56. The van der Waals surface area contributed by atoms with Crippen LogP contribution in [0.2, 0.25) is 0 Å². The molecule has 6 heteroatoms. The fourth-order valence-corrected chi connectivity index (χ4v) is 2.69. The Morgan fingerprint density at radius 3 is 2.46 bits per heavy atom. The van der Waals surface area contributed by atoms with Crippen molar-refractivity contribution in [2.24, 2.45) is 0 Å². The summed E-state index contributed by atoms with van der Waals surface area (Å²) in [5.41, 5.74) is 1.57. The van der Waals surface area contributed by atoms with Crippen LogP contribution in [0.3, 0.4) is 0 Å². The van der Waals surface area contributed by atoms with Crippen molar-refractivity contribution >= 4 is 5.91 Å². The number of aliphatic hydroxyl groups excluding tert-OH is 1. The van der Waals surface area contributed by atoms with Gasteiger partial charge in [0.05, 0.1) is 13.2 Å². The normalized spacial score (nSPS) is 12.3. The molecule has 0 radical (unpaired) electrons. The molecule has 2 aromatic carbocycles. The highest BCUT2D eigenvalue weighted by Crippen LogP contribution is 2.28. The Kier molecular flexibility index (Phi) is 7.84. The number of carbonyl (C=O) groups excluding carboxylic acids is 1. The molecule has 0 saturated heterocycles. The summed E-state index contributed by atoms with van der Waals surface area (Å²) in [6, 6.07) is 15.1. The Morgan fingerprint density at radius 1 is 1.11 bits per heavy atom. The molecule has 28 heavy (non-hydrogen) atoms. The van der Waals surface area contributed by atoms with Gasteiger partial charge in [0.1, 0.15) is 0 Å². The molecule has 0 aliphatic carbocycles. The summed E-state index contributed by atoms with van der Waals surface area (Å²) < 4.78 is 11.0. The van der Waals surface area contributed by atoms with Gasteiger partial charge >= 0.3 is 0 Å². The number of hydrogen-bond acceptors (Lipinski definition) is 5. The number of rotatable bonds is 9. The summed E-state index contributed by atoms with van der Waals surface area (Å²) in [5.74, 6) is 0.890. The van der Waals surface area contributed by atoms with E-state index in [-0.39, 0.29) is 18.1 Å². The van der Waals surface area contributed by atoms with Crippen molar-refractivity contribution in [3.05, 3.63) is 59.7 Å². The van der Waals surface area contributed by atoms with Crippen molar-refractivity contribution in [3.63, 3.8) is 0 Å². The molecule has 1 unspecified atom stereocenters. The van der Waals surface area contributed by atoms with E-state index in [1.54, 1.807) is 13.2 Å². The molecule has 6 nitrogen and oxygen atoms in total. The highest BCUT2D eigenvalue weighted by Gasteiger charge is 2.15. The Morgan fingerprint density at radius 2 is 1.82 bits per heavy atom. The summed E-state index contributed by atoms with van der Waals surface area (Å²) in [5, 5.41) is 16.3. The minimum Gasteiger partial charge on any atom is -0.493 e. The average Bonchev–Trinajstić information content (AvgIpc) is 2.66. The van der Waals surface area contributed by atoms with Crippen LogP contribution in [-0.4, -0.2) is 36.8 Å². The Balaban J connectivity index is 1.87. The second-order valence-electron chi connectivity index (χ2n) is 7.63. The standard InChI is InChI=1S/C22H30N2O4/c1-22(2,3)24-21(26)15-28-19-11-10-16(12-20(19)27-4)13-23-14-18(25)17-8-6-5-7-9-17/h5-12,18,23,25H,13-15H2,1-4H3,(H,24,26). The zero-order chi connectivity index (χ0) is 20.6. The van der Waals surface area contributed by atoms with Gasteiger partial charge in [-0.15, -0.1) is 0 Å². The van der Waals surface area contributed by atoms with Crippen molar-refractivity contribution in [3.8, 4) is 11.5 Å². The lowest BCUT2D eigenvalue weighted by molar-refractivity contribution is -0.124. The highest BCUT2D eigenvalue weighted by molar-refractivity contribution is 5.78. The zero-order valence-electron chi connectivity index (χ0n) is 17.0. The number of aliphatic hydroxyl groups is 1. The lowest BCUT2D eigenvalue weighted by atomic mass is 10.1. The third-order valence-electron chi connectivity index (χ3n) is 3.95. The predicted octanol–water partition coefficient (Wildman–Crippen LogP) is 2.81. The van der Waals surface area contributed by atoms with E-state index in [1.165, 1.54) is 0 Å². The topological polar surface area (TPSA) is 79.8 Å². The number of methoxy groups -OCH3 is 1. The number of nitrogens with one attached hydrogen (secondary N) is 2. The Labute approximate surface area is 166 Å².